The maximum atomic E-state index is 13.4. The minimum Gasteiger partial charge on any atom is -0.490 e. The summed E-state index contributed by atoms with van der Waals surface area (Å²) in [6, 6.07) is 9.72. The lowest BCUT2D eigenvalue weighted by molar-refractivity contribution is -0.117. The van der Waals surface area contributed by atoms with Gasteiger partial charge in [0.05, 0.1) is 13.2 Å². The van der Waals surface area contributed by atoms with E-state index in [-0.39, 0.29) is 18.3 Å². The lowest BCUT2D eigenvalue weighted by Gasteiger charge is -2.12. The molecular weight excluding hydrogens is 377 g/mol. The van der Waals surface area contributed by atoms with E-state index in [1.165, 1.54) is 10.9 Å². The van der Waals surface area contributed by atoms with E-state index >= 15 is 0 Å². The molecule has 0 unspecified atom stereocenters. The maximum absolute atomic E-state index is 13.4. The van der Waals surface area contributed by atoms with Crippen LogP contribution in [0.3, 0.4) is 0 Å². The van der Waals surface area contributed by atoms with E-state index in [0.717, 1.165) is 0 Å². The van der Waals surface area contributed by atoms with Crippen LogP contribution in [0.4, 0.5) is 10.1 Å². The van der Waals surface area contributed by atoms with Crippen LogP contribution in [0.5, 0.6) is 11.5 Å². The largest absolute Gasteiger partial charge is 0.490 e. The molecule has 0 radical (unpaired) electrons. The van der Waals surface area contributed by atoms with Crippen LogP contribution in [-0.2, 0) is 11.3 Å². The molecule has 3 aromatic rings. The van der Waals surface area contributed by atoms with Gasteiger partial charge < -0.3 is 14.8 Å². The van der Waals surface area contributed by atoms with Gasteiger partial charge in [-0.15, -0.1) is 10.2 Å². The number of rotatable bonds is 8. The Morgan fingerprint density at radius 3 is 2.59 bits per heavy atom. The number of carbonyl (C=O) groups is 1. The summed E-state index contributed by atoms with van der Waals surface area (Å²) in [4.78, 5) is 13.5. The van der Waals surface area contributed by atoms with Gasteiger partial charge in [-0.25, -0.2) is 4.39 Å². The first-order valence-electron chi connectivity index (χ1n) is 9.24. The van der Waals surface area contributed by atoms with Crippen molar-refractivity contribution in [2.24, 2.45) is 0 Å². The first kappa shape index (κ1) is 20.2. The Kier molecular flexibility index (Phi) is 6.38. The highest BCUT2D eigenvalue weighted by atomic mass is 19.1. The molecule has 0 atom stereocenters. The summed E-state index contributed by atoms with van der Waals surface area (Å²) in [5.41, 5.74) is 1.68. The fourth-order valence-corrected chi connectivity index (χ4v) is 2.67. The lowest BCUT2D eigenvalue weighted by atomic mass is 10.1. The molecule has 0 saturated heterocycles. The fourth-order valence-electron chi connectivity index (χ4n) is 2.67. The number of nitrogens with zero attached hydrogens (tertiary/aromatic N) is 4. The SMILES string of the molecule is CCOc1ccc(NC(=O)Cn2nnc(-c3ccc(F)c(C)c3)n2)cc1OCC. The first-order chi connectivity index (χ1) is 14.0. The summed E-state index contributed by atoms with van der Waals surface area (Å²) in [6.07, 6.45) is 0. The number of halogens is 1. The van der Waals surface area contributed by atoms with Gasteiger partial charge >= 0.3 is 0 Å². The van der Waals surface area contributed by atoms with E-state index in [0.29, 0.717) is 47.4 Å². The molecule has 3 rings (SSSR count). The quantitative estimate of drug-likeness (QED) is 0.625. The highest BCUT2D eigenvalue weighted by Crippen LogP contribution is 2.30. The number of tetrazole rings is 1. The van der Waals surface area contributed by atoms with Crippen LogP contribution in [0.25, 0.3) is 11.4 Å². The zero-order chi connectivity index (χ0) is 20.8. The molecule has 9 heteroatoms. The molecule has 0 aliphatic heterocycles. The summed E-state index contributed by atoms with van der Waals surface area (Å²) in [7, 11) is 0. The average Bonchev–Trinajstić information content (AvgIpc) is 3.14. The number of anilines is 1. The van der Waals surface area contributed by atoms with Gasteiger partial charge in [0.1, 0.15) is 12.4 Å². The Hall–Kier alpha value is -3.49. The summed E-state index contributed by atoms with van der Waals surface area (Å²) >= 11 is 0. The second kappa shape index (κ2) is 9.13. The molecule has 0 fully saturated rings. The zero-order valence-electron chi connectivity index (χ0n) is 16.5. The second-order valence-corrected chi connectivity index (χ2v) is 6.18. The number of aryl methyl sites for hydroxylation is 1. The molecule has 1 N–H and O–H groups in total. The Morgan fingerprint density at radius 2 is 1.86 bits per heavy atom. The van der Waals surface area contributed by atoms with E-state index < -0.39 is 0 Å². The Morgan fingerprint density at radius 1 is 1.10 bits per heavy atom. The Balaban J connectivity index is 1.67. The molecule has 0 saturated carbocycles. The zero-order valence-corrected chi connectivity index (χ0v) is 16.5. The summed E-state index contributed by atoms with van der Waals surface area (Å²) < 4.78 is 24.5. The first-order valence-corrected chi connectivity index (χ1v) is 9.24. The number of amides is 1. The van der Waals surface area contributed by atoms with Crippen molar-refractivity contribution in [1.82, 2.24) is 20.2 Å². The van der Waals surface area contributed by atoms with Crippen molar-refractivity contribution in [2.75, 3.05) is 18.5 Å². The third-order valence-corrected chi connectivity index (χ3v) is 3.98. The van der Waals surface area contributed by atoms with E-state index in [4.69, 9.17) is 9.47 Å². The van der Waals surface area contributed by atoms with Gasteiger partial charge in [-0.05, 0) is 61.9 Å². The minimum atomic E-state index is -0.323. The van der Waals surface area contributed by atoms with Crippen molar-refractivity contribution in [3.8, 4) is 22.9 Å². The normalized spacial score (nSPS) is 10.6. The summed E-state index contributed by atoms with van der Waals surface area (Å²) in [5, 5.41) is 14.8. The van der Waals surface area contributed by atoms with Gasteiger partial charge in [0.2, 0.25) is 11.7 Å². The van der Waals surface area contributed by atoms with Crippen LogP contribution < -0.4 is 14.8 Å². The van der Waals surface area contributed by atoms with Crippen LogP contribution in [-0.4, -0.2) is 39.3 Å². The molecule has 8 nitrogen and oxygen atoms in total. The van der Waals surface area contributed by atoms with Gasteiger partial charge in [-0.2, -0.15) is 4.80 Å². The molecule has 1 heterocycles. The van der Waals surface area contributed by atoms with Gasteiger partial charge in [-0.1, -0.05) is 0 Å². The van der Waals surface area contributed by atoms with Crippen LogP contribution in [0.15, 0.2) is 36.4 Å². The molecule has 0 spiro atoms. The summed E-state index contributed by atoms with van der Waals surface area (Å²) in [6.45, 7) is 6.29. The number of nitrogens with one attached hydrogen (secondary N) is 1. The van der Waals surface area contributed by atoms with E-state index in [1.54, 1.807) is 37.3 Å². The standard InChI is InChI=1S/C20H22FN5O3/c1-4-28-17-9-7-15(11-18(17)29-5-2)22-19(27)12-26-24-20(23-25-26)14-6-8-16(21)13(3)10-14/h6-11H,4-5,12H2,1-3H3,(H,22,27). The topological polar surface area (TPSA) is 91.2 Å². The second-order valence-electron chi connectivity index (χ2n) is 6.18. The monoisotopic (exact) mass is 399 g/mol. The average molecular weight is 399 g/mol. The minimum absolute atomic E-state index is 0.121. The molecule has 29 heavy (non-hydrogen) atoms. The molecule has 1 aromatic heterocycles. The third kappa shape index (κ3) is 5.07. The molecular formula is C20H22FN5O3. The van der Waals surface area contributed by atoms with E-state index in [2.05, 4.69) is 20.7 Å². The molecule has 0 aliphatic rings. The van der Waals surface area contributed by atoms with Gasteiger partial charge in [0.15, 0.2) is 11.5 Å². The van der Waals surface area contributed by atoms with E-state index in [1.807, 2.05) is 13.8 Å². The number of ether oxygens (including phenoxy) is 2. The van der Waals surface area contributed by atoms with Crippen molar-refractivity contribution < 1.29 is 18.7 Å². The smallest absolute Gasteiger partial charge is 0.248 e. The molecule has 1 amide bonds. The van der Waals surface area contributed by atoms with Gasteiger partial charge in [0, 0.05) is 17.3 Å². The molecule has 0 bridgehead atoms. The highest BCUT2D eigenvalue weighted by Gasteiger charge is 2.12. The molecule has 152 valence electrons. The summed E-state index contributed by atoms with van der Waals surface area (Å²) in [5.74, 6) is 0.864. The van der Waals surface area contributed by atoms with Crippen molar-refractivity contribution in [2.45, 2.75) is 27.3 Å². The van der Waals surface area contributed by atoms with Crippen molar-refractivity contribution in [3.63, 3.8) is 0 Å². The van der Waals surface area contributed by atoms with E-state index in [9.17, 15) is 9.18 Å². The number of hydrogen-bond donors (Lipinski definition) is 1. The molecule has 2 aromatic carbocycles. The fraction of sp³-hybridized carbons (Fsp3) is 0.300. The van der Waals surface area contributed by atoms with Crippen LogP contribution in [0.1, 0.15) is 19.4 Å². The number of aromatic nitrogens is 4. The van der Waals surface area contributed by atoms with Crippen LogP contribution in [0, 0.1) is 12.7 Å². The van der Waals surface area contributed by atoms with Crippen LogP contribution >= 0.6 is 0 Å². The predicted octanol–water partition coefficient (Wildman–Crippen LogP) is 3.22. The van der Waals surface area contributed by atoms with Crippen molar-refractivity contribution in [3.05, 3.63) is 47.8 Å². The lowest BCUT2D eigenvalue weighted by Crippen LogP contribution is -2.20. The third-order valence-electron chi connectivity index (χ3n) is 3.98. The number of carbonyl (C=O) groups excluding carboxylic acids is 1. The number of benzene rings is 2. The Bertz CT molecular complexity index is 1010. The van der Waals surface area contributed by atoms with Crippen LogP contribution in [0.2, 0.25) is 0 Å². The van der Waals surface area contributed by atoms with Gasteiger partial charge in [-0.3, -0.25) is 4.79 Å². The number of hydrogen-bond acceptors (Lipinski definition) is 6. The Labute approximate surface area is 167 Å². The van der Waals surface area contributed by atoms with Crippen molar-refractivity contribution in [1.29, 1.82) is 0 Å². The predicted molar refractivity (Wildman–Crippen MR) is 105 cm³/mol. The van der Waals surface area contributed by atoms with Crippen molar-refractivity contribution >= 4 is 11.6 Å². The highest BCUT2D eigenvalue weighted by molar-refractivity contribution is 5.90. The van der Waals surface area contributed by atoms with Gasteiger partial charge in [0.25, 0.3) is 0 Å². The molecule has 0 aliphatic carbocycles. The maximum Gasteiger partial charge on any atom is 0.248 e.